The summed E-state index contributed by atoms with van der Waals surface area (Å²) in [5.41, 5.74) is 5.89. The maximum absolute atomic E-state index is 6.37. The molecule has 7 aromatic rings. The molecule has 0 radical (unpaired) electrons. The maximum Gasteiger partial charge on any atom is 0.163 e. The van der Waals surface area contributed by atoms with E-state index in [1.807, 2.05) is 36.7 Å². The van der Waals surface area contributed by atoms with Crippen molar-refractivity contribution in [3.8, 4) is 5.69 Å². The van der Waals surface area contributed by atoms with Gasteiger partial charge in [-0.25, -0.2) is 0 Å². The standard InChI is InChI=1S/C26H15N3O/c1-3-11-20-17(8-1)22-19-10-6-14-28-24(19)26-23(18-9-2-4-12-21(18)30-26)25(22)29(20)16-7-5-13-27-15-16/h1-15H. The molecular formula is C26H15N3O. The number of nitrogens with zero attached hydrogens (tertiary/aromatic N) is 3. The Kier molecular flexibility index (Phi) is 2.97. The number of aromatic nitrogens is 3. The average Bonchev–Trinajstić information content (AvgIpc) is 3.36. The maximum atomic E-state index is 6.37. The molecule has 0 aliphatic carbocycles. The molecular weight excluding hydrogens is 370 g/mol. The van der Waals surface area contributed by atoms with Gasteiger partial charge in [-0.05, 0) is 30.3 Å². The topological polar surface area (TPSA) is 43.9 Å². The van der Waals surface area contributed by atoms with Crippen molar-refractivity contribution in [3.63, 3.8) is 0 Å². The van der Waals surface area contributed by atoms with Gasteiger partial charge in [0.1, 0.15) is 11.1 Å². The Morgan fingerprint density at radius 1 is 0.700 bits per heavy atom. The van der Waals surface area contributed by atoms with E-state index in [4.69, 9.17) is 9.40 Å². The van der Waals surface area contributed by atoms with E-state index in [2.05, 4.69) is 58.1 Å². The second kappa shape index (κ2) is 5.67. The Labute approximate surface area is 171 Å². The number of benzene rings is 3. The van der Waals surface area contributed by atoms with Crippen LogP contribution in [-0.4, -0.2) is 14.5 Å². The molecule has 7 rings (SSSR count). The third kappa shape index (κ3) is 1.90. The smallest absolute Gasteiger partial charge is 0.163 e. The van der Waals surface area contributed by atoms with Crippen molar-refractivity contribution in [2.75, 3.05) is 0 Å². The largest absolute Gasteiger partial charge is 0.454 e. The predicted molar refractivity (Wildman–Crippen MR) is 121 cm³/mol. The summed E-state index contributed by atoms with van der Waals surface area (Å²) in [4.78, 5) is 9.12. The van der Waals surface area contributed by atoms with Crippen molar-refractivity contribution in [2.45, 2.75) is 0 Å². The van der Waals surface area contributed by atoms with Crippen LogP contribution in [0.15, 0.2) is 95.8 Å². The molecule has 0 spiro atoms. The second-order valence-electron chi connectivity index (χ2n) is 7.49. The van der Waals surface area contributed by atoms with Gasteiger partial charge in [-0.1, -0.05) is 42.5 Å². The van der Waals surface area contributed by atoms with E-state index >= 15 is 0 Å². The number of hydrogen-bond acceptors (Lipinski definition) is 3. The molecule has 0 amide bonds. The average molecular weight is 385 g/mol. The van der Waals surface area contributed by atoms with Crippen LogP contribution in [-0.2, 0) is 0 Å². The summed E-state index contributed by atoms with van der Waals surface area (Å²) in [5, 5.41) is 5.67. The summed E-state index contributed by atoms with van der Waals surface area (Å²) in [6.45, 7) is 0. The van der Waals surface area contributed by atoms with Crippen LogP contribution in [0, 0.1) is 0 Å². The fourth-order valence-corrected chi connectivity index (χ4v) is 4.74. The van der Waals surface area contributed by atoms with Gasteiger partial charge in [-0.3, -0.25) is 9.97 Å². The molecule has 0 aliphatic rings. The minimum atomic E-state index is 0.826. The van der Waals surface area contributed by atoms with Crippen LogP contribution in [0.3, 0.4) is 0 Å². The first-order valence-electron chi connectivity index (χ1n) is 9.93. The number of hydrogen-bond donors (Lipinski definition) is 0. The highest BCUT2D eigenvalue weighted by atomic mass is 16.3. The molecule has 30 heavy (non-hydrogen) atoms. The number of furan rings is 1. The highest BCUT2D eigenvalue weighted by Crippen LogP contribution is 2.44. The Bertz CT molecular complexity index is 1740. The van der Waals surface area contributed by atoms with E-state index in [1.54, 1.807) is 6.20 Å². The Morgan fingerprint density at radius 2 is 1.50 bits per heavy atom. The molecule has 4 nitrogen and oxygen atoms in total. The number of pyridine rings is 2. The van der Waals surface area contributed by atoms with Crippen LogP contribution in [0.25, 0.3) is 60.3 Å². The minimum Gasteiger partial charge on any atom is -0.454 e. The molecule has 4 aromatic heterocycles. The van der Waals surface area contributed by atoms with E-state index in [9.17, 15) is 0 Å². The molecule has 0 saturated carbocycles. The first kappa shape index (κ1) is 15.7. The van der Waals surface area contributed by atoms with Crippen LogP contribution in [0.5, 0.6) is 0 Å². The SMILES string of the molecule is c1cncc(-n2c3ccccc3c3c4cccnc4c4oc5ccccc5c4c32)c1. The molecule has 3 aromatic carbocycles. The predicted octanol–water partition coefficient (Wildman–Crippen LogP) is 6.63. The van der Waals surface area contributed by atoms with Crippen LogP contribution in [0.2, 0.25) is 0 Å². The summed E-state index contributed by atoms with van der Waals surface area (Å²) < 4.78 is 8.67. The van der Waals surface area contributed by atoms with Gasteiger partial charge < -0.3 is 8.98 Å². The number of fused-ring (bicyclic) bond motifs is 10. The molecule has 0 N–H and O–H groups in total. The van der Waals surface area contributed by atoms with Crippen molar-refractivity contribution >= 4 is 54.6 Å². The Balaban J connectivity index is 1.91. The lowest BCUT2D eigenvalue weighted by molar-refractivity contribution is 0.672. The van der Waals surface area contributed by atoms with Crippen molar-refractivity contribution in [3.05, 3.63) is 91.4 Å². The summed E-state index contributed by atoms with van der Waals surface area (Å²) in [7, 11) is 0. The van der Waals surface area contributed by atoms with Gasteiger partial charge in [-0.2, -0.15) is 0 Å². The zero-order valence-corrected chi connectivity index (χ0v) is 15.9. The van der Waals surface area contributed by atoms with E-state index in [0.717, 1.165) is 49.6 Å². The zero-order chi connectivity index (χ0) is 19.7. The van der Waals surface area contributed by atoms with Crippen LogP contribution >= 0.6 is 0 Å². The molecule has 0 fully saturated rings. The lowest BCUT2D eigenvalue weighted by Gasteiger charge is -2.09. The zero-order valence-electron chi connectivity index (χ0n) is 15.9. The van der Waals surface area contributed by atoms with Crippen LogP contribution in [0.1, 0.15) is 0 Å². The van der Waals surface area contributed by atoms with Gasteiger partial charge in [0.2, 0.25) is 0 Å². The normalized spacial score (nSPS) is 12.0. The quantitative estimate of drug-likeness (QED) is 0.319. The van der Waals surface area contributed by atoms with E-state index in [-0.39, 0.29) is 0 Å². The van der Waals surface area contributed by atoms with Crippen molar-refractivity contribution in [1.29, 1.82) is 0 Å². The molecule has 0 saturated heterocycles. The molecule has 0 unspecified atom stereocenters. The monoisotopic (exact) mass is 385 g/mol. The fraction of sp³-hybridized carbons (Fsp3) is 0. The second-order valence-corrected chi connectivity index (χ2v) is 7.49. The summed E-state index contributed by atoms with van der Waals surface area (Å²) in [6.07, 6.45) is 5.55. The van der Waals surface area contributed by atoms with Crippen molar-refractivity contribution in [2.24, 2.45) is 0 Å². The lowest BCUT2D eigenvalue weighted by atomic mass is 10.0. The molecule has 0 aliphatic heterocycles. The lowest BCUT2D eigenvalue weighted by Crippen LogP contribution is -1.95. The third-order valence-corrected chi connectivity index (χ3v) is 5.90. The van der Waals surface area contributed by atoms with E-state index in [1.165, 1.54) is 10.8 Å². The fourth-order valence-electron chi connectivity index (χ4n) is 4.74. The van der Waals surface area contributed by atoms with E-state index in [0.29, 0.717) is 0 Å². The van der Waals surface area contributed by atoms with Crippen molar-refractivity contribution in [1.82, 2.24) is 14.5 Å². The summed E-state index contributed by atoms with van der Waals surface area (Å²) in [6, 6.07) is 24.9. The van der Waals surface area contributed by atoms with Crippen LogP contribution < -0.4 is 0 Å². The molecule has 4 heteroatoms. The van der Waals surface area contributed by atoms with Gasteiger partial charge in [0.25, 0.3) is 0 Å². The highest BCUT2D eigenvalue weighted by molar-refractivity contribution is 6.34. The highest BCUT2D eigenvalue weighted by Gasteiger charge is 2.22. The summed E-state index contributed by atoms with van der Waals surface area (Å²) in [5.74, 6) is 0. The van der Waals surface area contributed by atoms with Gasteiger partial charge in [0.05, 0.1) is 28.3 Å². The van der Waals surface area contributed by atoms with E-state index < -0.39 is 0 Å². The Morgan fingerprint density at radius 3 is 2.40 bits per heavy atom. The molecule has 0 atom stereocenters. The van der Waals surface area contributed by atoms with Gasteiger partial charge in [0.15, 0.2) is 5.58 Å². The molecule has 140 valence electrons. The van der Waals surface area contributed by atoms with Crippen molar-refractivity contribution < 1.29 is 4.42 Å². The van der Waals surface area contributed by atoms with Crippen LogP contribution in [0.4, 0.5) is 0 Å². The minimum absolute atomic E-state index is 0.826. The molecule has 4 heterocycles. The first-order chi connectivity index (χ1) is 14.9. The third-order valence-electron chi connectivity index (χ3n) is 5.90. The number of rotatable bonds is 1. The van der Waals surface area contributed by atoms with Gasteiger partial charge in [0, 0.05) is 33.9 Å². The number of para-hydroxylation sites is 2. The summed E-state index contributed by atoms with van der Waals surface area (Å²) >= 11 is 0. The Hall–Kier alpha value is -4.18. The molecule has 0 bridgehead atoms. The van der Waals surface area contributed by atoms with Gasteiger partial charge >= 0.3 is 0 Å². The first-order valence-corrected chi connectivity index (χ1v) is 9.93. The van der Waals surface area contributed by atoms with Gasteiger partial charge in [-0.15, -0.1) is 0 Å².